The van der Waals surface area contributed by atoms with Gasteiger partial charge < -0.3 is 5.32 Å². The zero-order chi connectivity index (χ0) is 20.4. The summed E-state index contributed by atoms with van der Waals surface area (Å²) in [6.07, 6.45) is 2.01. The maximum absolute atomic E-state index is 12.9. The molecule has 2 heterocycles. The van der Waals surface area contributed by atoms with Crippen molar-refractivity contribution < 1.29 is 4.79 Å². The summed E-state index contributed by atoms with van der Waals surface area (Å²) in [6.45, 7) is 6.29. The first-order valence-corrected chi connectivity index (χ1v) is 9.70. The molecule has 0 bridgehead atoms. The van der Waals surface area contributed by atoms with Gasteiger partial charge in [0.25, 0.3) is 0 Å². The predicted molar refractivity (Wildman–Crippen MR) is 116 cm³/mol. The Morgan fingerprint density at radius 2 is 1.76 bits per heavy atom. The van der Waals surface area contributed by atoms with Crippen molar-refractivity contribution in [1.29, 1.82) is 0 Å². The number of rotatable bonds is 4. The molecule has 1 amide bonds. The lowest BCUT2D eigenvalue weighted by Crippen LogP contribution is -2.17. The van der Waals surface area contributed by atoms with E-state index in [1.165, 1.54) is 0 Å². The highest BCUT2D eigenvalue weighted by atomic mass is 16.1. The summed E-state index contributed by atoms with van der Waals surface area (Å²) in [7, 11) is 0. The van der Waals surface area contributed by atoms with E-state index in [2.05, 4.69) is 43.2 Å². The predicted octanol–water partition coefficient (Wildman–Crippen LogP) is 4.90. The van der Waals surface area contributed by atoms with Crippen LogP contribution in [0.25, 0.3) is 16.6 Å². The number of carbonyl (C=O) groups excluding carboxylic acids is 1. The summed E-state index contributed by atoms with van der Waals surface area (Å²) >= 11 is 0. The Balaban J connectivity index is 1.64. The summed E-state index contributed by atoms with van der Waals surface area (Å²) in [5.74, 6) is 1.21. The molecule has 2 aromatic heterocycles. The maximum atomic E-state index is 12.9. The second-order valence-corrected chi connectivity index (χ2v) is 8.13. The number of anilines is 1. The van der Waals surface area contributed by atoms with Crippen LogP contribution in [0.2, 0.25) is 0 Å². The fourth-order valence-corrected chi connectivity index (χ4v) is 3.30. The molecule has 0 unspecified atom stereocenters. The van der Waals surface area contributed by atoms with Gasteiger partial charge in [-0.3, -0.25) is 4.79 Å². The van der Waals surface area contributed by atoms with Crippen molar-refractivity contribution in [3.63, 3.8) is 0 Å². The molecule has 0 aliphatic carbocycles. The molecule has 0 saturated carbocycles. The second-order valence-electron chi connectivity index (χ2n) is 8.13. The first kappa shape index (κ1) is 18.9. The van der Waals surface area contributed by atoms with E-state index in [0.717, 1.165) is 22.0 Å². The van der Waals surface area contributed by atoms with Gasteiger partial charge in [0.2, 0.25) is 5.91 Å². The number of pyridine rings is 1. The van der Waals surface area contributed by atoms with E-state index in [-0.39, 0.29) is 11.3 Å². The van der Waals surface area contributed by atoms with Gasteiger partial charge in [-0.2, -0.15) is 9.78 Å². The van der Waals surface area contributed by atoms with Crippen molar-refractivity contribution in [3.8, 4) is 5.82 Å². The molecule has 4 rings (SSSR count). The largest absolute Gasteiger partial charge is 0.310 e. The molecule has 2 aromatic carbocycles. The Labute approximate surface area is 170 Å². The van der Waals surface area contributed by atoms with Crippen LogP contribution in [0.1, 0.15) is 32.0 Å². The van der Waals surface area contributed by atoms with Crippen LogP contribution in [0.3, 0.4) is 0 Å². The van der Waals surface area contributed by atoms with Crippen molar-refractivity contribution in [2.75, 3.05) is 5.32 Å². The van der Waals surface area contributed by atoms with Crippen molar-refractivity contribution in [3.05, 3.63) is 84.2 Å². The van der Waals surface area contributed by atoms with Gasteiger partial charge in [-0.1, -0.05) is 69.3 Å². The molecular weight excluding hydrogens is 360 g/mol. The minimum Gasteiger partial charge on any atom is -0.310 e. The van der Waals surface area contributed by atoms with Gasteiger partial charge in [-0.05, 0) is 28.5 Å². The van der Waals surface area contributed by atoms with Gasteiger partial charge in [-0.25, -0.2) is 4.98 Å². The first-order chi connectivity index (χ1) is 13.9. The third-order valence-electron chi connectivity index (χ3n) is 4.84. The molecule has 0 aliphatic rings. The van der Waals surface area contributed by atoms with Crippen LogP contribution in [-0.2, 0) is 16.6 Å². The minimum absolute atomic E-state index is 0.0844. The molecule has 0 spiro atoms. The lowest BCUT2D eigenvalue weighted by molar-refractivity contribution is -0.115. The highest BCUT2D eigenvalue weighted by Gasteiger charge is 2.22. The Bertz CT molecular complexity index is 1150. The summed E-state index contributed by atoms with van der Waals surface area (Å²) in [5.41, 5.74) is 1.75. The third kappa shape index (κ3) is 4.04. The molecule has 146 valence electrons. The zero-order valence-corrected chi connectivity index (χ0v) is 16.9. The van der Waals surface area contributed by atoms with Crippen molar-refractivity contribution in [2.45, 2.75) is 32.6 Å². The Morgan fingerprint density at radius 3 is 2.52 bits per heavy atom. The number of nitrogens with one attached hydrogen (secondary N) is 1. The number of carbonyl (C=O) groups is 1. The monoisotopic (exact) mass is 384 g/mol. The summed E-state index contributed by atoms with van der Waals surface area (Å²) in [5, 5.41) is 9.96. The molecule has 0 atom stereocenters. The van der Waals surface area contributed by atoms with E-state index in [0.29, 0.717) is 18.1 Å². The number of hydrogen-bond acceptors (Lipinski definition) is 3. The summed E-state index contributed by atoms with van der Waals surface area (Å²) in [6, 6.07) is 21.7. The topological polar surface area (TPSA) is 59.8 Å². The molecule has 0 saturated heterocycles. The van der Waals surface area contributed by atoms with Gasteiger partial charge in [0.15, 0.2) is 5.82 Å². The normalized spacial score (nSPS) is 11.6. The smallest absolute Gasteiger partial charge is 0.229 e. The quantitative estimate of drug-likeness (QED) is 0.544. The molecule has 1 N–H and O–H groups in total. The van der Waals surface area contributed by atoms with Crippen LogP contribution >= 0.6 is 0 Å². The SMILES string of the molecule is CC(C)(C)c1cc(NC(=O)Cc2cccc3ccccc23)n(-c2ccccn2)n1. The number of nitrogens with zero attached hydrogens (tertiary/aromatic N) is 3. The third-order valence-corrected chi connectivity index (χ3v) is 4.84. The fraction of sp³-hybridized carbons (Fsp3) is 0.208. The Kier molecular flexibility index (Phi) is 4.89. The summed E-state index contributed by atoms with van der Waals surface area (Å²) in [4.78, 5) is 17.3. The summed E-state index contributed by atoms with van der Waals surface area (Å²) < 4.78 is 1.70. The molecule has 5 heteroatoms. The van der Waals surface area contributed by atoms with Crippen LogP contribution < -0.4 is 5.32 Å². The molecule has 5 nitrogen and oxygen atoms in total. The molecule has 0 radical (unpaired) electrons. The molecule has 0 aliphatic heterocycles. The van der Waals surface area contributed by atoms with Gasteiger partial charge in [0.1, 0.15) is 5.82 Å². The van der Waals surface area contributed by atoms with E-state index in [1.54, 1.807) is 10.9 Å². The van der Waals surface area contributed by atoms with Crippen LogP contribution in [-0.4, -0.2) is 20.7 Å². The highest BCUT2D eigenvalue weighted by molar-refractivity contribution is 5.95. The van der Waals surface area contributed by atoms with E-state index >= 15 is 0 Å². The van der Waals surface area contributed by atoms with Gasteiger partial charge in [0.05, 0.1) is 12.1 Å². The van der Waals surface area contributed by atoms with E-state index in [1.807, 2.05) is 54.6 Å². The fourth-order valence-electron chi connectivity index (χ4n) is 3.30. The van der Waals surface area contributed by atoms with Crippen molar-refractivity contribution in [1.82, 2.24) is 14.8 Å². The van der Waals surface area contributed by atoms with Crippen molar-refractivity contribution >= 4 is 22.5 Å². The van der Waals surface area contributed by atoms with Gasteiger partial charge in [-0.15, -0.1) is 0 Å². The highest BCUT2D eigenvalue weighted by Crippen LogP contribution is 2.26. The van der Waals surface area contributed by atoms with Crippen LogP contribution in [0.5, 0.6) is 0 Å². The van der Waals surface area contributed by atoms with E-state index < -0.39 is 0 Å². The Hall–Kier alpha value is -3.47. The van der Waals surface area contributed by atoms with E-state index in [4.69, 9.17) is 5.10 Å². The van der Waals surface area contributed by atoms with Crippen LogP contribution in [0.15, 0.2) is 72.9 Å². The molecular formula is C24H24N4O. The zero-order valence-electron chi connectivity index (χ0n) is 16.9. The molecule has 0 fully saturated rings. The number of amides is 1. The van der Waals surface area contributed by atoms with Crippen LogP contribution in [0.4, 0.5) is 5.82 Å². The van der Waals surface area contributed by atoms with Crippen molar-refractivity contribution in [2.24, 2.45) is 0 Å². The minimum atomic E-state index is -0.144. The number of hydrogen-bond donors (Lipinski definition) is 1. The van der Waals surface area contributed by atoms with Gasteiger partial charge in [0, 0.05) is 17.7 Å². The average molecular weight is 384 g/mol. The number of aromatic nitrogens is 3. The lowest BCUT2D eigenvalue weighted by atomic mass is 9.92. The van der Waals surface area contributed by atoms with Crippen LogP contribution in [0, 0.1) is 0 Å². The number of benzene rings is 2. The first-order valence-electron chi connectivity index (χ1n) is 9.70. The molecule has 29 heavy (non-hydrogen) atoms. The standard InChI is InChI=1S/C24H24N4O/c1-24(2,3)20-16-22(28(27-20)21-13-6-7-14-25-21)26-23(29)15-18-11-8-10-17-9-4-5-12-19(17)18/h4-14,16H,15H2,1-3H3,(H,26,29). The lowest BCUT2D eigenvalue weighted by Gasteiger charge is -2.13. The molecule has 4 aromatic rings. The Morgan fingerprint density at radius 1 is 1.00 bits per heavy atom. The maximum Gasteiger partial charge on any atom is 0.229 e. The number of fused-ring (bicyclic) bond motifs is 1. The van der Waals surface area contributed by atoms with Gasteiger partial charge >= 0.3 is 0 Å². The average Bonchev–Trinajstić information content (AvgIpc) is 3.13. The second kappa shape index (κ2) is 7.51. The van der Waals surface area contributed by atoms with E-state index in [9.17, 15) is 4.79 Å².